The molecule has 0 radical (unpaired) electrons. The molecule has 5 heteroatoms. The molecule has 0 spiro atoms. The summed E-state index contributed by atoms with van der Waals surface area (Å²) in [5.41, 5.74) is 4.05. The lowest BCUT2D eigenvalue weighted by atomic mass is 9.98. The minimum atomic E-state index is -0.0746. The summed E-state index contributed by atoms with van der Waals surface area (Å²) >= 11 is 0. The lowest BCUT2D eigenvalue weighted by Gasteiger charge is -2.15. The molecular weight excluding hydrogens is 364 g/mol. The van der Waals surface area contributed by atoms with Crippen LogP contribution in [0.3, 0.4) is 0 Å². The first-order valence-electron chi connectivity index (χ1n) is 9.55. The number of ether oxygens (including phenoxy) is 2. The molecule has 0 amide bonds. The van der Waals surface area contributed by atoms with E-state index in [0.717, 1.165) is 46.1 Å². The van der Waals surface area contributed by atoms with Crippen molar-refractivity contribution in [1.29, 1.82) is 0 Å². The maximum atomic E-state index is 9.87. The average molecular weight is 390 g/mol. The molecule has 0 aliphatic carbocycles. The van der Waals surface area contributed by atoms with E-state index in [1.54, 1.807) is 20.3 Å². The molecule has 3 aromatic rings. The second-order valence-electron chi connectivity index (χ2n) is 6.80. The third kappa shape index (κ3) is 4.09. The van der Waals surface area contributed by atoms with Gasteiger partial charge in [0.2, 0.25) is 0 Å². The Hall–Kier alpha value is -3.34. The highest BCUT2D eigenvalue weighted by Crippen LogP contribution is 2.35. The minimum Gasteiger partial charge on any atom is -0.506 e. The fraction of sp³-hybridized carbons (Fsp3) is 0.250. The Bertz CT molecular complexity index is 1070. The molecule has 0 unspecified atom stereocenters. The van der Waals surface area contributed by atoms with Crippen molar-refractivity contribution in [2.24, 2.45) is 0 Å². The number of aliphatic hydroxyl groups excluding tert-OH is 1. The second-order valence-corrected chi connectivity index (χ2v) is 6.80. The predicted molar refractivity (Wildman–Crippen MR) is 118 cm³/mol. The first kappa shape index (κ1) is 20.4. The Morgan fingerprint density at radius 2 is 1.83 bits per heavy atom. The van der Waals surface area contributed by atoms with Crippen molar-refractivity contribution in [2.45, 2.75) is 26.2 Å². The van der Waals surface area contributed by atoms with Crippen LogP contribution in [0.1, 0.15) is 41.6 Å². The first-order valence-corrected chi connectivity index (χ1v) is 9.55. The van der Waals surface area contributed by atoms with Gasteiger partial charge in [0, 0.05) is 35.0 Å². The summed E-state index contributed by atoms with van der Waals surface area (Å²) in [5, 5.41) is 12.0. The summed E-state index contributed by atoms with van der Waals surface area (Å²) in [4.78, 5) is 9.28. The zero-order valence-electron chi connectivity index (χ0n) is 17.2. The molecule has 0 saturated carbocycles. The number of pyridine rings is 2. The fourth-order valence-corrected chi connectivity index (χ4v) is 3.45. The van der Waals surface area contributed by atoms with E-state index in [4.69, 9.17) is 14.5 Å². The van der Waals surface area contributed by atoms with Crippen molar-refractivity contribution >= 4 is 22.6 Å². The van der Waals surface area contributed by atoms with Gasteiger partial charge in [0.1, 0.15) is 11.5 Å². The minimum absolute atomic E-state index is 0.0746. The Balaban J connectivity index is 2.14. The van der Waals surface area contributed by atoms with Crippen LogP contribution in [0.15, 0.2) is 43.6 Å². The number of aliphatic hydroxyl groups is 1. The molecule has 0 atom stereocenters. The van der Waals surface area contributed by atoms with Crippen LogP contribution in [0.25, 0.3) is 22.6 Å². The van der Waals surface area contributed by atoms with Crippen LogP contribution in [0.2, 0.25) is 0 Å². The van der Waals surface area contributed by atoms with Crippen LogP contribution in [0.4, 0.5) is 0 Å². The van der Waals surface area contributed by atoms with E-state index in [2.05, 4.69) is 25.1 Å². The monoisotopic (exact) mass is 390 g/mol. The van der Waals surface area contributed by atoms with Gasteiger partial charge in [0.15, 0.2) is 11.5 Å². The molecule has 0 fully saturated rings. The summed E-state index contributed by atoms with van der Waals surface area (Å²) in [6.45, 7) is 9.51. The number of benzene rings is 1. The molecule has 2 heterocycles. The van der Waals surface area contributed by atoms with Crippen molar-refractivity contribution in [3.05, 3.63) is 71.8 Å². The van der Waals surface area contributed by atoms with Crippen LogP contribution in [-0.2, 0) is 12.8 Å². The highest BCUT2D eigenvalue weighted by molar-refractivity contribution is 5.90. The SMILES string of the molecule is C=Cc1ccc(Cc2cnc(CCC)c3cc(OC)c(OC)cc23)nc1C(=C)O. The van der Waals surface area contributed by atoms with Gasteiger partial charge in [0.05, 0.1) is 14.2 Å². The smallest absolute Gasteiger partial charge is 0.161 e. The molecule has 1 aromatic carbocycles. The third-order valence-electron chi connectivity index (χ3n) is 4.89. The summed E-state index contributed by atoms with van der Waals surface area (Å²) in [6, 6.07) is 7.80. The standard InChI is InChI=1S/C24H26N2O3/c1-6-8-21-20-13-23(29-5)22(28-4)12-19(20)17(14-25-21)11-18-10-9-16(7-2)24(26-18)15(3)27/h7,9-10,12-14,27H,2-3,6,8,11H2,1,4-5H3. The summed E-state index contributed by atoms with van der Waals surface area (Å²) in [7, 11) is 3.26. The lowest BCUT2D eigenvalue weighted by molar-refractivity contribution is 0.356. The van der Waals surface area contributed by atoms with Gasteiger partial charge < -0.3 is 14.6 Å². The molecule has 0 saturated heterocycles. The predicted octanol–water partition coefficient (Wildman–Crippen LogP) is 5.36. The number of aromatic nitrogens is 2. The first-order chi connectivity index (χ1) is 14.0. The van der Waals surface area contributed by atoms with Gasteiger partial charge in [-0.05, 0) is 35.6 Å². The third-order valence-corrected chi connectivity index (χ3v) is 4.89. The van der Waals surface area contributed by atoms with E-state index >= 15 is 0 Å². The van der Waals surface area contributed by atoms with Gasteiger partial charge in [-0.3, -0.25) is 4.98 Å². The highest BCUT2D eigenvalue weighted by Gasteiger charge is 2.15. The molecule has 0 aliphatic rings. The van der Waals surface area contributed by atoms with E-state index < -0.39 is 0 Å². The van der Waals surface area contributed by atoms with Crippen LogP contribution in [0, 0.1) is 0 Å². The quantitative estimate of drug-likeness (QED) is 0.525. The maximum absolute atomic E-state index is 9.87. The zero-order valence-corrected chi connectivity index (χ0v) is 17.2. The van der Waals surface area contributed by atoms with Crippen molar-refractivity contribution in [1.82, 2.24) is 9.97 Å². The fourth-order valence-electron chi connectivity index (χ4n) is 3.45. The Morgan fingerprint density at radius 3 is 2.41 bits per heavy atom. The Labute approximate surface area is 171 Å². The lowest BCUT2D eigenvalue weighted by Crippen LogP contribution is -2.02. The van der Waals surface area contributed by atoms with E-state index in [-0.39, 0.29) is 5.76 Å². The summed E-state index contributed by atoms with van der Waals surface area (Å²) in [6.07, 6.45) is 6.00. The van der Waals surface area contributed by atoms with Crippen molar-refractivity contribution in [3.8, 4) is 11.5 Å². The van der Waals surface area contributed by atoms with Crippen molar-refractivity contribution < 1.29 is 14.6 Å². The Morgan fingerprint density at radius 1 is 1.14 bits per heavy atom. The molecule has 150 valence electrons. The van der Waals surface area contributed by atoms with Crippen molar-refractivity contribution in [2.75, 3.05) is 14.2 Å². The van der Waals surface area contributed by atoms with Gasteiger partial charge in [-0.25, -0.2) is 4.98 Å². The molecule has 29 heavy (non-hydrogen) atoms. The number of nitrogens with zero attached hydrogens (tertiary/aromatic N) is 2. The maximum Gasteiger partial charge on any atom is 0.161 e. The summed E-state index contributed by atoms with van der Waals surface area (Å²) < 4.78 is 11.0. The number of hydrogen-bond donors (Lipinski definition) is 1. The van der Waals surface area contributed by atoms with Gasteiger partial charge >= 0.3 is 0 Å². The number of rotatable bonds is 8. The van der Waals surface area contributed by atoms with E-state index in [1.165, 1.54) is 0 Å². The normalized spacial score (nSPS) is 10.7. The van der Waals surface area contributed by atoms with Crippen LogP contribution < -0.4 is 9.47 Å². The van der Waals surface area contributed by atoms with Crippen LogP contribution >= 0.6 is 0 Å². The molecule has 3 rings (SSSR count). The molecular formula is C24H26N2O3. The molecule has 0 bridgehead atoms. The van der Waals surface area contributed by atoms with Gasteiger partial charge in [-0.1, -0.05) is 38.6 Å². The van der Waals surface area contributed by atoms with E-state index in [9.17, 15) is 5.11 Å². The van der Waals surface area contributed by atoms with Gasteiger partial charge in [-0.2, -0.15) is 0 Å². The molecule has 2 aromatic heterocycles. The number of fused-ring (bicyclic) bond motifs is 1. The number of methoxy groups -OCH3 is 2. The van der Waals surface area contributed by atoms with Gasteiger partial charge in [-0.15, -0.1) is 0 Å². The van der Waals surface area contributed by atoms with E-state index in [1.807, 2.05) is 30.5 Å². The highest BCUT2D eigenvalue weighted by atomic mass is 16.5. The van der Waals surface area contributed by atoms with E-state index in [0.29, 0.717) is 23.6 Å². The number of hydrogen-bond acceptors (Lipinski definition) is 5. The Kier molecular flexibility index (Phi) is 6.17. The van der Waals surface area contributed by atoms with Gasteiger partial charge in [0.25, 0.3) is 0 Å². The zero-order chi connectivity index (χ0) is 21.0. The van der Waals surface area contributed by atoms with Crippen molar-refractivity contribution in [3.63, 3.8) is 0 Å². The topological polar surface area (TPSA) is 64.5 Å². The number of aryl methyl sites for hydroxylation is 1. The average Bonchev–Trinajstić information content (AvgIpc) is 2.74. The molecule has 0 aliphatic heterocycles. The molecule has 1 N–H and O–H groups in total. The van der Waals surface area contributed by atoms with Crippen LogP contribution in [-0.4, -0.2) is 29.3 Å². The summed E-state index contributed by atoms with van der Waals surface area (Å²) in [5.74, 6) is 1.28. The second kappa shape index (κ2) is 8.78. The molecule has 5 nitrogen and oxygen atoms in total. The largest absolute Gasteiger partial charge is 0.506 e. The van der Waals surface area contributed by atoms with Crippen LogP contribution in [0.5, 0.6) is 11.5 Å².